The van der Waals surface area contributed by atoms with Crippen molar-refractivity contribution < 1.29 is 14.1 Å². The van der Waals surface area contributed by atoms with Crippen LogP contribution in [0.4, 0.5) is 0 Å². The molecule has 0 aromatic carbocycles. The van der Waals surface area contributed by atoms with Gasteiger partial charge in [-0.1, -0.05) is 5.16 Å². The minimum absolute atomic E-state index is 0.0440. The quantitative estimate of drug-likeness (QED) is 0.849. The normalized spacial score (nSPS) is 25.5. The number of carbonyl (C=O) groups is 1. The third-order valence-corrected chi connectivity index (χ3v) is 4.44. The van der Waals surface area contributed by atoms with Crippen LogP contribution in [0.3, 0.4) is 0 Å². The van der Waals surface area contributed by atoms with Crippen molar-refractivity contribution in [1.82, 2.24) is 10.1 Å². The molecular formula is C15H22N2O3. The number of ether oxygens (including phenoxy) is 1. The van der Waals surface area contributed by atoms with Gasteiger partial charge in [0.05, 0.1) is 6.54 Å². The number of amides is 1. The number of nitrogens with zero attached hydrogens (tertiary/aromatic N) is 2. The molecule has 1 aliphatic carbocycles. The highest BCUT2D eigenvalue weighted by molar-refractivity contribution is 5.84. The van der Waals surface area contributed by atoms with Crippen LogP contribution in [0.25, 0.3) is 0 Å². The lowest BCUT2D eigenvalue weighted by molar-refractivity contribution is -0.150. The van der Waals surface area contributed by atoms with Gasteiger partial charge in [0.15, 0.2) is 0 Å². The van der Waals surface area contributed by atoms with Crippen molar-refractivity contribution in [2.45, 2.75) is 57.6 Å². The Hall–Kier alpha value is -1.36. The predicted molar refractivity (Wildman–Crippen MR) is 73.2 cm³/mol. The molecule has 0 unspecified atom stereocenters. The molecule has 2 heterocycles. The fraction of sp³-hybridized carbons (Fsp3) is 0.733. The second kappa shape index (κ2) is 5.20. The average Bonchev–Trinajstić information content (AvgIpc) is 3.06. The Bertz CT molecular complexity index is 503. The monoisotopic (exact) mass is 278 g/mol. The standard InChI is InChI=1S/C15H22N2O3/c1-15(8-5-9-19-15)14(18)17(2)10-12-11-6-3-4-7-13(11)20-16-12/h3-10H2,1-2H3/t15-/m1/s1. The van der Waals surface area contributed by atoms with E-state index < -0.39 is 5.60 Å². The lowest BCUT2D eigenvalue weighted by atomic mass is 9.96. The third-order valence-electron chi connectivity index (χ3n) is 4.44. The maximum Gasteiger partial charge on any atom is 0.254 e. The zero-order valence-corrected chi connectivity index (χ0v) is 12.3. The van der Waals surface area contributed by atoms with E-state index in [0.717, 1.165) is 37.1 Å². The predicted octanol–water partition coefficient (Wildman–Crippen LogP) is 2.08. The molecule has 0 saturated carbocycles. The Kier molecular flexibility index (Phi) is 3.54. The number of aryl methyl sites for hydroxylation is 1. The summed E-state index contributed by atoms with van der Waals surface area (Å²) in [6, 6.07) is 0. The molecule has 110 valence electrons. The summed E-state index contributed by atoms with van der Waals surface area (Å²) in [5, 5.41) is 4.16. The maximum absolute atomic E-state index is 12.5. The van der Waals surface area contributed by atoms with Crippen LogP contribution >= 0.6 is 0 Å². The highest BCUT2D eigenvalue weighted by Gasteiger charge is 2.40. The summed E-state index contributed by atoms with van der Waals surface area (Å²) in [6.07, 6.45) is 6.09. The van der Waals surface area contributed by atoms with E-state index in [1.54, 1.807) is 4.90 Å². The van der Waals surface area contributed by atoms with Gasteiger partial charge >= 0.3 is 0 Å². The topological polar surface area (TPSA) is 55.6 Å². The summed E-state index contributed by atoms with van der Waals surface area (Å²) < 4.78 is 11.0. The number of aromatic nitrogens is 1. The fourth-order valence-electron chi connectivity index (χ4n) is 3.22. The lowest BCUT2D eigenvalue weighted by Gasteiger charge is -2.28. The van der Waals surface area contributed by atoms with Gasteiger partial charge in [-0.2, -0.15) is 0 Å². The van der Waals surface area contributed by atoms with Gasteiger partial charge in [-0.05, 0) is 39.0 Å². The average molecular weight is 278 g/mol. The van der Waals surface area contributed by atoms with Crippen LogP contribution in [-0.4, -0.2) is 35.2 Å². The second-order valence-corrected chi connectivity index (χ2v) is 6.08. The van der Waals surface area contributed by atoms with Gasteiger partial charge in [0, 0.05) is 25.6 Å². The van der Waals surface area contributed by atoms with E-state index in [4.69, 9.17) is 9.26 Å². The molecule has 0 bridgehead atoms. The van der Waals surface area contributed by atoms with Crippen molar-refractivity contribution in [3.63, 3.8) is 0 Å². The minimum atomic E-state index is -0.654. The minimum Gasteiger partial charge on any atom is -0.365 e. The zero-order chi connectivity index (χ0) is 14.2. The van der Waals surface area contributed by atoms with Crippen LogP contribution in [0.2, 0.25) is 0 Å². The smallest absolute Gasteiger partial charge is 0.254 e. The van der Waals surface area contributed by atoms with E-state index in [2.05, 4.69) is 5.16 Å². The van der Waals surface area contributed by atoms with Crippen molar-refractivity contribution in [3.8, 4) is 0 Å². The van der Waals surface area contributed by atoms with E-state index >= 15 is 0 Å². The fourth-order valence-corrected chi connectivity index (χ4v) is 3.22. The van der Waals surface area contributed by atoms with Crippen LogP contribution in [0, 0.1) is 0 Å². The summed E-state index contributed by atoms with van der Waals surface area (Å²) in [5.41, 5.74) is 1.48. The second-order valence-electron chi connectivity index (χ2n) is 6.08. The Morgan fingerprint density at radius 1 is 1.35 bits per heavy atom. The van der Waals surface area contributed by atoms with Crippen molar-refractivity contribution >= 4 is 5.91 Å². The van der Waals surface area contributed by atoms with Gasteiger partial charge in [-0.15, -0.1) is 0 Å². The molecule has 0 spiro atoms. The van der Waals surface area contributed by atoms with E-state index in [9.17, 15) is 4.79 Å². The Morgan fingerprint density at radius 2 is 2.15 bits per heavy atom. The summed E-state index contributed by atoms with van der Waals surface area (Å²) in [4.78, 5) is 14.2. The summed E-state index contributed by atoms with van der Waals surface area (Å²) in [6.45, 7) is 3.07. The van der Waals surface area contributed by atoms with Gasteiger partial charge in [0.1, 0.15) is 17.1 Å². The molecule has 0 radical (unpaired) electrons. The SMILES string of the molecule is CN(Cc1noc2c1CCCC2)C(=O)[C@@]1(C)CCCO1. The lowest BCUT2D eigenvalue weighted by Crippen LogP contribution is -2.44. The first kappa shape index (κ1) is 13.6. The molecule has 2 aliphatic rings. The van der Waals surface area contributed by atoms with E-state index in [1.165, 1.54) is 18.4 Å². The Balaban J connectivity index is 1.71. The molecule has 1 aromatic heterocycles. The molecule has 1 atom stereocenters. The first-order valence-electron chi connectivity index (χ1n) is 7.46. The highest BCUT2D eigenvalue weighted by atomic mass is 16.5. The van der Waals surface area contributed by atoms with Gasteiger partial charge in [0.25, 0.3) is 5.91 Å². The molecule has 1 aliphatic heterocycles. The van der Waals surface area contributed by atoms with Crippen molar-refractivity contribution in [1.29, 1.82) is 0 Å². The molecule has 0 N–H and O–H groups in total. The number of fused-ring (bicyclic) bond motifs is 1. The molecule has 5 nitrogen and oxygen atoms in total. The van der Waals surface area contributed by atoms with Gasteiger partial charge < -0.3 is 14.2 Å². The maximum atomic E-state index is 12.5. The van der Waals surface area contributed by atoms with Gasteiger partial charge in [-0.3, -0.25) is 4.79 Å². The van der Waals surface area contributed by atoms with Crippen LogP contribution in [0.5, 0.6) is 0 Å². The summed E-state index contributed by atoms with van der Waals surface area (Å²) in [5.74, 6) is 1.05. The van der Waals surface area contributed by atoms with E-state index in [-0.39, 0.29) is 5.91 Å². The number of carbonyl (C=O) groups excluding carboxylic acids is 1. The molecule has 1 aromatic rings. The Labute approximate surface area is 119 Å². The van der Waals surface area contributed by atoms with Crippen LogP contribution < -0.4 is 0 Å². The van der Waals surface area contributed by atoms with E-state index in [1.807, 2.05) is 14.0 Å². The first-order chi connectivity index (χ1) is 9.60. The van der Waals surface area contributed by atoms with Crippen molar-refractivity contribution in [3.05, 3.63) is 17.0 Å². The van der Waals surface area contributed by atoms with Crippen LogP contribution in [0.15, 0.2) is 4.52 Å². The first-order valence-corrected chi connectivity index (χ1v) is 7.46. The van der Waals surface area contributed by atoms with Crippen LogP contribution in [-0.2, 0) is 28.9 Å². The molecule has 5 heteroatoms. The number of likely N-dealkylation sites (N-methyl/N-ethyl adjacent to an activating group) is 1. The van der Waals surface area contributed by atoms with Crippen molar-refractivity contribution in [2.24, 2.45) is 0 Å². The number of hydrogen-bond donors (Lipinski definition) is 0. The molecule has 1 saturated heterocycles. The van der Waals surface area contributed by atoms with E-state index in [0.29, 0.717) is 13.2 Å². The third kappa shape index (κ3) is 2.35. The molecule has 3 rings (SSSR count). The number of rotatable bonds is 3. The van der Waals surface area contributed by atoms with Gasteiger partial charge in [-0.25, -0.2) is 0 Å². The molecular weight excluding hydrogens is 256 g/mol. The molecule has 1 amide bonds. The molecule has 20 heavy (non-hydrogen) atoms. The summed E-state index contributed by atoms with van der Waals surface area (Å²) >= 11 is 0. The Morgan fingerprint density at radius 3 is 2.90 bits per heavy atom. The van der Waals surface area contributed by atoms with Crippen molar-refractivity contribution in [2.75, 3.05) is 13.7 Å². The molecule has 1 fully saturated rings. The number of hydrogen-bond acceptors (Lipinski definition) is 4. The zero-order valence-electron chi connectivity index (χ0n) is 12.3. The summed E-state index contributed by atoms with van der Waals surface area (Å²) in [7, 11) is 1.82. The highest BCUT2D eigenvalue weighted by Crippen LogP contribution is 2.29. The largest absolute Gasteiger partial charge is 0.365 e. The van der Waals surface area contributed by atoms with Gasteiger partial charge in [0.2, 0.25) is 0 Å². The van der Waals surface area contributed by atoms with Crippen LogP contribution in [0.1, 0.15) is 49.6 Å².